The van der Waals surface area contributed by atoms with Crippen molar-refractivity contribution in [1.29, 1.82) is 0 Å². The molecule has 1 fully saturated rings. The summed E-state index contributed by atoms with van der Waals surface area (Å²) in [5.41, 5.74) is 0. The summed E-state index contributed by atoms with van der Waals surface area (Å²) in [6, 6.07) is 0.124. The maximum Gasteiger partial charge on any atom is 0.234 e. The normalized spacial score (nSPS) is 28.2. The van der Waals surface area contributed by atoms with Gasteiger partial charge in [0, 0.05) is 11.7 Å². The molecule has 0 bridgehead atoms. The zero-order valence-electron chi connectivity index (χ0n) is 9.79. The van der Waals surface area contributed by atoms with E-state index >= 15 is 0 Å². The van der Waals surface area contributed by atoms with Gasteiger partial charge in [0.15, 0.2) is 0 Å². The van der Waals surface area contributed by atoms with Gasteiger partial charge in [-0.2, -0.15) is 0 Å². The Hall–Kier alpha value is -0.550. The number of rotatable bonds is 1. The Morgan fingerprint density at radius 2 is 1.93 bits per heavy atom. The van der Waals surface area contributed by atoms with Crippen LogP contribution in [0.3, 0.4) is 0 Å². The molecular weight excluding hydrogens is 210 g/mol. The Morgan fingerprint density at radius 3 is 2.33 bits per heavy atom. The van der Waals surface area contributed by atoms with Crippen LogP contribution in [-0.4, -0.2) is 19.8 Å². The minimum Gasteiger partial charge on any atom is -0.424 e. The van der Waals surface area contributed by atoms with E-state index in [1.807, 2.05) is 18.7 Å². The van der Waals surface area contributed by atoms with E-state index in [0.717, 1.165) is 0 Å². The monoisotopic (exact) mass is 227 g/mol. The molecular formula is C10H17N3OS. The highest BCUT2D eigenvalue weighted by Crippen LogP contribution is 2.50. The molecule has 1 aliphatic heterocycles. The third-order valence-corrected chi connectivity index (χ3v) is 3.88. The fourth-order valence-corrected chi connectivity index (χ4v) is 3.82. The van der Waals surface area contributed by atoms with Crippen molar-refractivity contribution in [2.45, 2.75) is 50.3 Å². The Balaban J connectivity index is 2.30. The van der Waals surface area contributed by atoms with E-state index in [9.17, 15) is 0 Å². The molecule has 2 rings (SSSR count). The Morgan fingerprint density at radius 1 is 1.27 bits per heavy atom. The first-order valence-electron chi connectivity index (χ1n) is 5.08. The summed E-state index contributed by atoms with van der Waals surface area (Å²) in [5.74, 6) is 1.31. The summed E-state index contributed by atoms with van der Waals surface area (Å²) < 4.78 is 5.57. The van der Waals surface area contributed by atoms with Crippen LogP contribution in [-0.2, 0) is 0 Å². The van der Waals surface area contributed by atoms with Crippen molar-refractivity contribution in [3.8, 4) is 0 Å². The SMILES string of the molecule is Cc1nnc([C@H]2NC(C)(C)SC2(C)C)o1. The first-order valence-corrected chi connectivity index (χ1v) is 5.90. The minimum atomic E-state index is 0.0521. The lowest BCUT2D eigenvalue weighted by Gasteiger charge is -2.21. The standard InChI is InChI=1S/C10H17N3OS/c1-6-12-13-8(14-6)7-9(2,3)15-10(4,5)11-7/h7,11H,1-5H3/t7-/m1/s1. The van der Waals surface area contributed by atoms with Gasteiger partial charge < -0.3 is 4.42 Å². The average molecular weight is 227 g/mol. The number of aryl methyl sites for hydroxylation is 1. The van der Waals surface area contributed by atoms with Crippen LogP contribution in [0.4, 0.5) is 0 Å². The predicted octanol–water partition coefficient (Wildman–Crippen LogP) is 2.27. The van der Waals surface area contributed by atoms with E-state index < -0.39 is 0 Å². The number of nitrogens with zero attached hydrogens (tertiary/aromatic N) is 2. The largest absolute Gasteiger partial charge is 0.424 e. The predicted molar refractivity (Wildman–Crippen MR) is 60.7 cm³/mol. The molecule has 0 amide bonds. The molecule has 1 aromatic rings. The average Bonchev–Trinajstić information content (AvgIpc) is 2.52. The van der Waals surface area contributed by atoms with Crippen LogP contribution in [0.15, 0.2) is 4.42 Å². The summed E-state index contributed by atoms with van der Waals surface area (Å²) in [4.78, 5) is 0.0521. The molecule has 4 nitrogen and oxygen atoms in total. The maximum atomic E-state index is 5.50. The molecule has 0 spiro atoms. The molecule has 1 atom stereocenters. The van der Waals surface area contributed by atoms with E-state index in [2.05, 4.69) is 43.2 Å². The second-order valence-electron chi connectivity index (χ2n) is 4.95. The van der Waals surface area contributed by atoms with Crippen LogP contribution in [0.25, 0.3) is 0 Å². The van der Waals surface area contributed by atoms with Gasteiger partial charge in [-0.25, -0.2) is 0 Å². The van der Waals surface area contributed by atoms with Gasteiger partial charge in [-0.3, -0.25) is 5.32 Å². The molecule has 0 aliphatic carbocycles. The molecule has 84 valence electrons. The molecule has 15 heavy (non-hydrogen) atoms. The van der Waals surface area contributed by atoms with Crippen LogP contribution < -0.4 is 5.32 Å². The molecule has 5 heteroatoms. The maximum absolute atomic E-state index is 5.50. The third kappa shape index (κ3) is 2.03. The van der Waals surface area contributed by atoms with Gasteiger partial charge in [0.2, 0.25) is 11.8 Å². The zero-order valence-corrected chi connectivity index (χ0v) is 10.6. The van der Waals surface area contributed by atoms with Crippen molar-refractivity contribution in [2.75, 3.05) is 0 Å². The molecule has 0 unspecified atom stereocenters. The summed E-state index contributed by atoms with van der Waals surface area (Å²) in [6.45, 7) is 10.6. The molecule has 1 saturated heterocycles. The minimum absolute atomic E-state index is 0.0521. The highest BCUT2D eigenvalue weighted by atomic mass is 32.2. The van der Waals surface area contributed by atoms with E-state index in [1.54, 1.807) is 0 Å². The fraction of sp³-hybridized carbons (Fsp3) is 0.800. The summed E-state index contributed by atoms with van der Waals surface area (Å²) >= 11 is 1.90. The lowest BCUT2D eigenvalue weighted by molar-refractivity contribution is 0.342. The first-order chi connectivity index (χ1) is 6.80. The van der Waals surface area contributed by atoms with Gasteiger partial charge in [0.1, 0.15) is 6.04 Å². The summed E-state index contributed by atoms with van der Waals surface area (Å²) in [5, 5.41) is 11.5. The Labute approximate surface area is 94.2 Å². The lowest BCUT2D eigenvalue weighted by Crippen LogP contribution is -2.34. The third-order valence-electron chi connectivity index (χ3n) is 2.49. The van der Waals surface area contributed by atoms with E-state index in [1.165, 1.54) is 0 Å². The highest BCUT2D eigenvalue weighted by molar-refractivity contribution is 8.02. The van der Waals surface area contributed by atoms with Crippen molar-refractivity contribution in [2.24, 2.45) is 0 Å². The summed E-state index contributed by atoms with van der Waals surface area (Å²) in [6.07, 6.45) is 0. The number of hydrogen-bond acceptors (Lipinski definition) is 5. The van der Waals surface area contributed by atoms with Gasteiger partial charge in [0.05, 0.1) is 4.87 Å². The molecule has 1 aromatic heterocycles. The highest BCUT2D eigenvalue weighted by Gasteiger charge is 2.48. The number of nitrogens with one attached hydrogen (secondary N) is 1. The van der Waals surface area contributed by atoms with Crippen molar-refractivity contribution in [1.82, 2.24) is 15.5 Å². The van der Waals surface area contributed by atoms with Crippen LogP contribution in [0.1, 0.15) is 45.5 Å². The van der Waals surface area contributed by atoms with Crippen LogP contribution in [0.2, 0.25) is 0 Å². The van der Waals surface area contributed by atoms with Crippen molar-refractivity contribution < 1.29 is 4.42 Å². The van der Waals surface area contributed by atoms with Gasteiger partial charge in [-0.15, -0.1) is 22.0 Å². The van der Waals surface area contributed by atoms with Crippen molar-refractivity contribution in [3.63, 3.8) is 0 Å². The van der Waals surface area contributed by atoms with Crippen LogP contribution in [0.5, 0.6) is 0 Å². The Kier molecular flexibility index (Phi) is 2.35. The van der Waals surface area contributed by atoms with Gasteiger partial charge in [-0.05, 0) is 27.7 Å². The summed E-state index contributed by atoms with van der Waals surface area (Å²) in [7, 11) is 0. The quantitative estimate of drug-likeness (QED) is 0.797. The van der Waals surface area contributed by atoms with Crippen molar-refractivity contribution in [3.05, 3.63) is 11.8 Å². The molecule has 0 saturated carbocycles. The zero-order chi connectivity index (χ0) is 11.3. The van der Waals surface area contributed by atoms with Gasteiger partial charge in [-0.1, -0.05) is 0 Å². The fourth-order valence-electron chi connectivity index (χ4n) is 2.06. The molecule has 2 heterocycles. The van der Waals surface area contributed by atoms with E-state index in [0.29, 0.717) is 11.8 Å². The number of hydrogen-bond donors (Lipinski definition) is 1. The van der Waals surface area contributed by atoms with Gasteiger partial charge >= 0.3 is 0 Å². The van der Waals surface area contributed by atoms with Crippen LogP contribution >= 0.6 is 11.8 Å². The van der Waals surface area contributed by atoms with E-state index in [4.69, 9.17) is 4.42 Å². The number of aromatic nitrogens is 2. The van der Waals surface area contributed by atoms with E-state index in [-0.39, 0.29) is 15.7 Å². The topological polar surface area (TPSA) is 51.0 Å². The smallest absolute Gasteiger partial charge is 0.234 e. The lowest BCUT2D eigenvalue weighted by atomic mass is 10.0. The number of thioether (sulfide) groups is 1. The molecule has 0 radical (unpaired) electrons. The second kappa shape index (κ2) is 3.22. The first kappa shape index (κ1) is 11.0. The van der Waals surface area contributed by atoms with Crippen LogP contribution in [0, 0.1) is 6.92 Å². The van der Waals surface area contributed by atoms with Gasteiger partial charge in [0.25, 0.3) is 0 Å². The molecule has 0 aromatic carbocycles. The van der Waals surface area contributed by atoms with Crippen molar-refractivity contribution >= 4 is 11.8 Å². The Bertz CT molecular complexity index is 372. The second-order valence-corrected chi connectivity index (χ2v) is 7.23. The molecule has 1 N–H and O–H groups in total. The molecule has 1 aliphatic rings.